The van der Waals surface area contributed by atoms with Crippen molar-refractivity contribution in [3.8, 4) is 0 Å². The quantitative estimate of drug-likeness (QED) is 0.305. The highest BCUT2D eigenvalue weighted by molar-refractivity contribution is 5.79. The van der Waals surface area contributed by atoms with E-state index in [9.17, 15) is 4.79 Å². The third kappa shape index (κ3) is 6.53. The number of nitrogens with zero attached hydrogens (tertiary/aromatic N) is 6. The average Bonchev–Trinajstić information content (AvgIpc) is 3.55. The number of nitrogens with one attached hydrogen (secondary N) is 3. The number of allylic oxidation sites excluding steroid dienone is 2. The van der Waals surface area contributed by atoms with E-state index in [-0.39, 0.29) is 17.7 Å². The Hall–Kier alpha value is -4.08. The smallest absolute Gasteiger partial charge is 0.223 e. The van der Waals surface area contributed by atoms with E-state index in [0.717, 1.165) is 60.1 Å². The molecule has 188 valence electrons. The summed E-state index contributed by atoms with van der Waals surface area (Å²) in [4.78, 5) is 26.2. The van der Waals surface area contributed by atoms with E-state index in [1.165, 1.54) is 0 Å². The number of carbonyl (C=O) groups is 1. The Morgan fingerprint density at radius 1 is 1.19 bits per heavy atom. The van der Waals surface area contributed by atoms with Gasteiger partial charge >= 0.3 is 0 Å². The first-order chi connectivity index (χ1) is 17.4. The summed E-state index contributed by atoms with van der Waals surface area (Å²) in [5, 5.41) is 17.6. The normalized spacial score (nSPS) is 18.6. The van der Waals surface area contributed by atoms with E-state index < -0.39 is 0 Å². The van der Waals surface area contributed by atoms with Gasteiger partial charge in [-0.1, -0.05) is 11.6 Å². The molecule has 4 rings (SSSR count). The third-order valence-electron chi connectivity index (χ3n) is 6.26. The topological polar surface area (TPSA) is 126 Å². The zero-order valence-electron chi connectivity index (χ0n) is 21.0. The molecule has 0 atom stereocenters. The monoisotopic (exact) mass is 487 g/mol. The number of carbonyl (C=O) groups excluding carboxylic acids is 1. The van der Waals surface area contributed by atoms with Crippen LogP contribution in [0.2, 0.25) is 0 Å². The van der Waals surface area contributed by atoms with Crippen molar-refractivity contribution in [3.05, 3.63) is 65.5 Å². The first-order valence-corrected chi connectivity index (χ1v) is 12.2. The van der Waals surface area contributed by atoms with E-state index >= 15 is 0 Å². The Labute approximate surface area is 211 Å². The number of aryl methyl sites for hydroxylation is 2. The lowest BCUT2D eigenvalue weighted by atomic mass is 9.81. The maximum atomic E-state index is 12.8. The molecule has 10 heteroatoms. The number of amides is 1. The zero-order valence-corrected chi connectivity index (χ0v) is 21.0. The van der Waals surface area contributed by atoms with Gasteiger partial charge in [-0.05, 0) is 65.3 Å². The van der Waals surface area contributed by atoms with Gasteiger partial charge in [-0.15, -0.1) is 0 Å². The molecule has 0 spiro atoms. The maximum Gasteiger partial charge on any atom is 0.223 e. The Morgan fingerprint density at radius 2 is 2.00 bits per heavy atom. The number of rotatable bonds is 9. The number of anilines is 2. The summed E-state index contributed by atoms with van der Waals surface area (Å²) in [6.45, 7) is 9.98. The Morgan fingerprint density at radius 3 is 2.67 bits per heavy atom. The molecule has 0 unspecified atom stereocenters. The van der Waals surface area contributed by atoms with Gasteiger partial charge in [0.25, 0.3) is 0 Å². The van der Waals surface area contributed by atoms with Crippen molar-refractivity contribution < 1.29 is 4.79 Å². The van der Waals surface area contributed by atoms with Crippen LogP contribution in [0.15, 0.2) is 53.3 Å². The predicted octanol–water partition coefficient (Wildman–Crippen LogP) is 4.29. The van der Waals surface area contributed by atoms with Gasteiger partial charge in [0.05, 0.1) is 0 Å². The van der Waals surface area contributed by atoms with E-state index in [0.29, 0.717) is 12.4 Å². The SMILES string of the molecule is C=N/C(=C\C=C(/C)CNC(=O)[C@H]1CC[C@@H](c2nc(C)cc(Nc3cc(C)[nH]n3)n2)CC1)n1cccn1. The van der Waals surface area contributed by atoms with E-state index in [4.69, 9.17) is 4.98 Å². The molecule has 3 heterocycles. The van der Waals surface area contributed by atoms with E-state index in [2.05, 4.69) is 42.6 Å². The largest absolute Gasteiger partial charge is 0.352 e. The van der Waals surface area contributed by atoms with Crippen LogP contribution in [0.3, 0.4) is 0 Å². The summed E-state index contributed by atoms with van der Waals surface area (Å²) in [6.07, 6.45) is 10.7. The van der Waals surface area contributed by atoms with Crippen LogP contribution < -0.4 is 10.6 Å². The molecular formula is C26H33N9O. The number of H-pyrrole nitrogens is 1. The Balaban J connectivity index is 1.29. The molecule has 0 saturated heterocycles. The fraction of sp³-hybridized carbons (Fsp3) is 0.385. The second kappa shape index (κ2) is 11.6. The van der Waals surface area contributed by atoms with Gasteiger partial charge in [0.2, 0.25) is 5.91 Å². The highest BCUT2D eigenvalue weighted by Crippen LogP contribution is 2.35. The molecule has 1 aliphatic rings. The summed E-state index contributed by atoms with van der Waals surface area (Å²) in [5.74, 6) is 3.28. The van der Waals surface area contributed by atoms with E-state index in [1.807, 2.05) is 51.1 Å². The van der Waals surface area contributed by atoms with Crippen molar-refractivity contribution in [2.45, 2.75) is 52.4 Å². The van der Waals surface area contributed by atoms with Gasteiger partial charge in [0.15, 0.2) is 11.6 Å². The lowest BCUT2D eigenvalue weighted by Gasteiger charge is -2.27. The molecule has 1 aliphatic carbocycles. The summed E-state index contributed by atoms with van der Waals surface area (Å²) in [7, 11) is 0. The molecule has 36 heavy (non-hydrogen) atoms. The molecule has 3 N–H and O–H groups in total. The summed E-state index contributed by atoms with van der Waals surface area (Å²) in [6, 6.07) is 5.68. The molecule has 0 radical (unpaired) electrons. The summed E-state index contributed by atoms with van der Waals surface area (Å²) >= 11 is 0. The highest BCUT2D eigenvalue weighted by Gasteiger charge is 2.28. The number of aromatic nitrogens is 6. The fourth-order valence-electron chi connectivity index (χ4n) is 4.32. The first-order valence-electron chi connectivity index (χ1n) is 12.2. The molecule has 1 fully saturated rings. The van der Waals surface area contributed by atoms with Gasteiger partial charge in [0.1, 0.15) is 11.6 Å². The summed E-state index contributed by atoms with van der Waals surface area (Å²) in [5.41, 5.74) is 2.91. The second-order valence-electron chi connectivity index (χ2n) is 9.23. The minimum atomic E-state index is 0.00787. The van der Waals surface area contributed by atoms with Gasteiger partial charge in [-0.3, -0.25) is 9.89 Å². The van der Waals surface area contributed by atoms with Crippen LogP contribution in [0, 0.1) is 19.8 Å². The third-order valence-corrected chi connectivity index (χ3v) is 6.26. The van der Waals surface area contributed by atoms with Crippen LogP contribution >= 0.6 is 0 Å². The first kappa shape index (κ1) is 25.0. The minimum Gasteiger partial charge on any atom is -0.352 e. The molecule has 0 bridgehead atoms. The average molecular weight is 488 g/mol. The van der Waals surface area contributed by atoms with Gasteiger partial charge in [0, 0.05) is 54.3 Å². The van der Waals surface area contributed by atoms with Gasteiger partial charge in [-0.2, -0.15) is 10.2 Å². The fourth-order valence-corrected chi connectivity index (χ4v) is 4.32. The van der Waals surface area contributed by atoms with Crippen LogP contribution in [0.25, 0.3) is 5.82 Å². The maximum absolute atomic E-state index is 12.8. The lowest BCUT2D eigenvalue weighted by Crippen LogP contribution is -2.34. The zero-order chi connectivity index (χ0) is 25.5. The Kier molecular flexibility index (Phi) is 8.04. The standard InChI is InChI=1S/C26H33N9O/c1-17(6-11-24(27-4)35-13-5-12-29-35)16-28-26(36)21-9-7-20(8-10-21)25-30-18(2)14-22(32-25)31-23-15-19(3)33-34-23/h5-6,11-15,20-21H,4,7-10,16H2,1-3H3,(H,28,36)(H2,30,31,32,33,34)/b17-6+,24-11+/t20-,21+. The van der Waals surface area contributed by atoms with Crippen molar-refractivity contribution in [2.75, 3.05) is 11.9 Å². The van der Waals surface area contributed by atoms with Gasteiger partial charge < -0.3 is 10.6 Å². The number of aliphatic imine (C=N–C) groups is 1. The lowest BCUT2D eigenvalue weighted by molar-refractivity contribution is -0.125. The molecule has 1 amide bonds. The van der Waals surface area contributed by atoms with Crippen molar-refractivity contribution in [2.24, 2.45) is 10.9 Å². The molecular weight excluding hydrogens is 454 g/mol. The van der Waals surface area contributed by atoms with Crippen LogP contribution in [0.1, 0.15) is 55.7 Å². The van der Waals surface area contributed by atoms with Crippen LogP contribution in [-0.2, 0) is 4.79 Å². The Bertz CT molecular complexity index is 1250. The van der Waals surface area contributed by atoms with Crippen molar-refractivity contribution >= 4 is 30.1 Å². The molecule has 0 aromatic carbocycles. The van der Waals surface area contributed by atoms with Crippen molar-refractivity contribution in [3.63, 3.8) is 0 Å². The molecule has 3 aromatic heterocycles. The molecule has 3 aromatic rings. The summed E-state index contributed by atoms with van der Waals surface area (Å²) < 4.78 is 1.64. The highest BCUT2D eigenvalue weighted by atomic mass is 16.1. The number of aromatic amines is 1. The van der Waals surface area contributed by atoms with Gasteiger partial charge in [-0.25, -0.2) is 19.6 Å². The minimum absolute atomic E-state index is 0.00787. The van der Waals surface area contributed by atoms with Crippen LogP contribution in [0.4, 0.5) is 11.6 Å². The second-order valence-corrected chi connectivity index (χ2v) is 9.23. The number of hydrogen-bond acceptors (Lipinski definition) is 7. The molecule has 10 nitrogen and oxygen atoms in total. The van der Waals surface area contributed by atoms with Crippen molar-refractivity contribution in [1.29, 1.82) is 0 Å². The van der Waals surface area contributed by atoms with Crippen molar-refractivity contribution in [1.82, 2.24) is 35.3 Å². The predicted molar refractivity (Wildman–Crippen MR) is 141 cm³/mol. The molecule has 1 saturated carbocycles. The van der Waals surface area contributed by atoms with Crippen LogP contribution in [-0.4, -0.2) is 49.1 Å². The molecule has 0 aliphatic heterocycles. The number of hydrogen-bond donors (Lipinski definition) is 3. The van der Waals surface area contributed by atoms with Crippen LogP contribution in [0.5, 0.6) is 0 Å². The van der Waals surface area contributed by atoms with E-state index in [1.54, 1.807) is 17.1 Å².